The number of aryl methyl sites for hydroxylation is 1. The van der Waals surface area contributed by atoms with Gasteiger partial charge in [-0.25, -0.2) is 0 Å². The average molecular weight is 507 g/mol. The number of fused-ring (bicyclic) bond motifs is 3. The molecule has 0 unspecified atom stereocenters. The van der Waals surface area contributed by atoms with E-state index in [1.54, 1.807) is 37.0 Å². The smallest absolute Gasteiger partial charge is 0.291 e. The molecule has 3 aromatic heterocycles. The number of carbonyl (C=O) groups excluding carboxylic acids is 1. The van der Waals surface area contributed by atoms with Crippen molar-refractivity contribution in [3.05, 3.63) is 76.9 Å². The van der Waals surface area contributed by atoms with E-state index in [9.17, 15) is 9.59 Å². The van der Waals surface area contributed by atoms with Crippen LogP contribution in [-0.4, -0.2) is 39.8 Å². The summed E-state index contributed by atoms with van der Waals surface area (Å²) < 4.78 is 12.9. The van der Waals surface area contributed by atoms with Crippen molar-refractivity contribution in [1.82, 2.24) is 19.3 Å². The first-order chi connectivity index (χ1) is 18.1. The van der Waals surface area contributed by atoms with Crippen LogP contribution in [0, 0.1) is 0 Å². The molecule has 0 spiro atoms. The molecule has 5 aromatic rings. The molecule has 0 saturated carbocycles. The van der Waals surface area contributed by atoms with Crippen LogP contribution in [0.25, 0.3) is 39.0 Å². The van der Waals surface area contributed by atoms with E-state index < -0.39 is 0 Å². The maximum Gasteiger partial charge on any atom is 0.291 e. The zero-order chi connectivity index (χ0) is 28.0. The fourth-order valence-electron chi connectivity index (χ4n) is 3.57. The van der Waals surface area contributed by atoms with Crippen LogP contribution >= 0.6 is 0 Å². The van der Waals surface area contributed by atoms with Crippen LogP contribution < -0.4 is 5.56 Å². The molecule has 3 heterocycles. The van der Waals surface area contributed by atoms with E-state index in [4.69, 9.17) is 4.52 Å². The van der Waals surface area contributed by atoms with E-state index in [2.05, 4.69) is 19.4 Å². The van der Waals surface area contributed by atoms with Gasteiger partial charge in [-0.3, -0.25) is 14.2 Å². The van der Waals surface area contributed by atoms with E-state index >= 15 is 0 Å². The molecule has 2 aromatic carbocycles. The average Bonchev–Trinajstić information content (AvgIpc) is 3.56. The van der Waals surface area contributed by atoms with Crippen molar-refractivity contribution in [3.8, 4) is 17.1 Å². The van der Waals surface area contributed by atoms with Crippen molar-refractivity contribution < 1.29 is 14.1 Å². The summed E-state index contributed by atoms with van der Waals surface area (Å²) in [5, 5.41) is 4.79. The number of hydrogen-bond donors (Lipinski definition) is 0. The van der Waals surface area contributed by atoms with Crippen LogP contribution in [0.1, 0.15) is 52.2 Å². The van der Waals surface area contributed by atoms with Gasteiger partial charge in [0.05, 0.1) is 16.6 Å². The van der Waals surface area contributed by atoms with Gasteiger partial charge in [-0.15, -0.1) is 0 Å². The zero-order valence-corrected chi connectivity index (χ0v) is 23.3. The lowest BCUT2D eigenvalue weighted by Crippen LogP contribution is -2.17. The standard InChI is InChI=1S/C21H14N4O3.C2H6O.3C2H6/c1-24-16-5-3-2-4-15(16)20-17(24)10-11-19(27)25(20)14-8-6-13(7-9-14)21-22-18(12-26)28-23-21;1-3-2;3*1-2/h2-12H,1H3;1-2H3;3*1-2H3. The van der Waals surface area contributed by atoms with Gasteiger partial charge in [0.15, 0.2) is 0 Å². The monoisotopic (exact) mass is 506 g/mol. The molecule has 0 atom stereocenters. The molecule has 0 radical (unpaired) electrons. The number of benzene rings is 2. The number of hydrogen-bond acceptors (Lipinski definition) is 6. The number of rotatable bonds is 3. The van der Waals surface area contributed by atoms with Crippen molar-refractivity contribution in [2.24, 2.45) is 7.05 Å². The van der Waals surface area contributed by atoms with E-state index in [1.807, 2.05) is 91.1 Å². The molecular formula is C29H38N4O4. The number of methoxy groups -OCH3 is 1. The van der Waals surface area contributed by atoms with Crippen LogP contribution in [0.4, 0.5) is 0 Å². The molecule has 0 aliphatic rings. The molecule has 0 aliphatic heterocycles. The molecule has 0 aliphatic carbocycles. The van der Waals surface area contributed by atoms with Gasteiger partial charge in [0.1, 0.15) is 0 Å². The van der Waals surface area contributed by atoms with Gasteiger partial charge in [0.25, 0.3) is 11.4 Å². The highest BCUT2D eigenvalue weighted by atomic mass is 16.5. The van der Waals surface area contributed by atoms with Gasteiger partial charge in [-0.2, -0.15) is 4.98 Å². The Hall–Kier alpha value is -4.04. The van der Waals surface area contributed by atoms with Gasteiger partial charge in [-0.1, -0.05) is 64.9 Å². The molecule has 198 valence electrons. The Labute approximate surface area is 218 Å². The predicted octanol–water partition coefficient (Wildman–Crippen LogP) is 6.69. The third kappa shape index (κ3) is 6.80. The molecule has 0 amide bonds. The Morgan fingerprint density at radius 2 is 1.43 bits per heavy atom. The fraction of sp³-hybridized carbons (Fsp3) is 0.310. The van der Waals surface area contributed by atoms with Crippen molar-refractivity contribution >= 4 is 28.2 Å². The van der Waals surface area contributed by atoms with E-state index in [0.29, 0.717) is 17.7 Å². The topological polar surface area (TPSA) is 92.1 Å². The summed E-state index contributed by atoms with van der Waals surface area (Å²) in [6, 6.07) is 18.7. The number of pyridine rings is 1. The molecule has 0 fully saturated rings. The first kappa shape index (κ1) is 31.0. The molecule has 0 saturated heterocycles. The second kappa shape index (κ2) is 15.9. The number of para-hydroxylation sites is 1. The summed E-state index contributed by atoms with van der Waals surface area (Å²) >= 11 is 0. The van der Waals surface area contributed by atoms with Crippen LogP contribution in [0.2, 0.25) is 0 Å². The van der Waals surface area contributed by atoms with Crippen molar-refractivity contribution in [2.45, 2.75) is 41.5 Å². The normalized spacial score (nSPS) is 9.54. The minimum Gasteiger partial charge on any atom is -0.388 e. The van der Waals surface area contributed by atoms with Crippen molar-refractivity contribution in [2.75, 3.05) is 14.2 Å². The van der Waals surface area contributed by atoms with Gasteiger partial charge < -0.3 is 13.8 Å². The van der Waals surface area contributed by atoms with E-state index in [-0.39, 0.29) is 11.4 Å². The Balaban J connectivity index is 0.000000685. The van der Waals surface area contributed by atoms with Gasteiger partial charge in [-0.05, 0) is 36.4 Å². The number of aldehydes is 1. The first-order valence-corrected chi connectivity index (χ1v) is 12.5. The lowest BCUT2D eigenvalue weighted by molar-refractivity contribution is 0.108. The summed E-state index contributed by atoms with van der Waals surface area (Å²) in [5.74, 6) is 0.250. The largest absolute Gasteiger partial charge is 0.388 e. The quantitative estimate of drug-likeness (QED) is 0.253. The Morgan fingerprint density at radius 1 is 0.838 bits per heavy atom. The van der Waals surface area contributed by atoms with Gasteiger partial charge >= 0.3 is 0 Å². The molecule has 8 heteroatoms. The first-order valence-electron chi connectivity index (χ1n) is 12.5. The number of aromatic nitrogens is 4. The summed E-state index contributed by atoms with van der Waals surface area (Å²) in [4.78, 5) is 27.5. The van der Waals surface area contributed by atoms with Crippen molar-refractivity contribution in [1.29, 1.82) is 0 Å². The second-order valence-electron chi connectivity index (χ2n) is 6.85. The Bertz CT molecular complexity index is 1430. The third-order valence-corrected chi connectivity index (χ3v) is 4.88. The molecule has 0 N–H and O–H groups in total. The third-order valence-electron chi connectivity index (χ3n) is 4.88. The fourth-order valence-corrected chi connectivity index (χ4v) is 3.57. The van der Waals surface area contributed by atoms with Gasteiger partial charge in [0.2, 0.25) is 12.1 Å². The molecule has 8 nitrogen and oxygen atoms in total. The maximum absolute atomic E-state index is 12.8. The zero-order valence-electron chi connectivity index (χ0n) is 23.3. The lowest BCUT2D eigenvalue weighted by Gasteiger charge is -2.09. The van der Waals surface area contributed by atoms with Crippen LogP contribution in [0.5, 0.6) is 0 Å². The lowest BCUT2D eigenvalue weighted by atomic mass is 10.1. The predicted molar refractivity (Wildman–Crippen MR) is 152 cm³/mol. The molecule has 0 bridgehead atoms. The number of nitrogens with zero attached hydrogens (tertiary/aromatic N) is 4. The second-order valence-corrected chi connectivity index (χ2v) is 6.85. The Morgan fingerprint density at radius 3 is 2.00 bits per heavy atom. The number of ether oxygens (including phenoxy) is 1. The highest BCUT2D eigenvalue weighted by Crippen LogP contribution is 2.29. The summed E-state index contributed by atoms with van der Waals surface area (Å²) in [7, 11) is 5.24. The highest BCUT2D eigenvalue weighted by Gasteiger charge is 2.14. The van der Waals surface area contributed by atoms with E-state index in [1.165, 1.54) is 0 Å². The highest BCUT2D eigenvalue weighted by molar-refractivity contribution is 6.06. The summed E-state index contributed by atoms with van der Waals surface area (Å²) in [5.41, 5.74) is 4.20. The SMILES string of the molecule is CC.CC.CC.COC.Cn1c2ccccc2c2c1ccc(=O)n2-c1ccc(-c2noc(C=O)n2)cc1. The molecular weight excluding hydrogens is 468 g/mol. The van der Waals surface area contributed by atoms with Gasteiger partial charge in [0, 0.05) is 44.0 Å². The molecule has 37 heavy (non-hydrogen) atoms. The Kier molecular flexibility index (Phi) is 13.3. The minimum atomic E-state index is -0.112. The minimum absolute atomic E-state index is 0.0733. The van der Waals surface area contributed by atoms with Crippen LogP contribution in [0.3, 0.4) is 0 Å². The van der Waals surface area contributed by atoms with Crippen LogP contribution in [-0.2, 0) is 11.8 Å². The van der Waals surface area contributed by atoms with Crippen molar-refractivity contribution in [3.63, 3.8) is 0 Å². The number of carbonyl (C=O) groups is 1. The van der Waals surface area contributed by atoms with Crippen LogP contribution in [0.15, 0.2) is 70.0 Å². The maximum atomic E-state index is 12.8. The summed E-state index contributed by atoms with van der Waals surface area (Å²) in [6.07, 6.45) is 0.506. The van der Waals surface area contributed by atoms with E-state index in [0.717, 1.165) is 27.6 Å². The summed E-state index contributed by atoms with van der Waals surface area (Å²) in [6.45, 7) is 12.0. The molecule has 5 rings (SSSR count).